The Morgan fingerprint density at radius 1 is 0.708 bits per heavy atom. The number of imidazole rings is 1. The molecule has 0 aliphatic carbocycles. The Labute approximate surface area is 298 Å². The van der Waals surface area contributed by atoms with Gasteiger partial charge in [-0.25, -0.2) is 4.98 Å². The van der Waals surface area contributed by atoms with Crippen LogP contribution in [0.25, 0.3) is 39.0 Å². The zero-order valence-corrected chi connectivity index (χ0v) is 31.0. The van der Waals surface area contributed by atoms with Crippen molar-refractivity contribution >= 4 is 21.8 Å². The predicted octanol–water partition coefficient (Wildman–Crippen LogP) is 9.65. The van der Waals surface area contributed by atoms with E-state index in [0.717, 1.165) is 50.4 Å². The van der Waals surface area contributed by atoms with Crippen molar-refractivity contribution in [3.8, 4) is 28.7 Å². The van der Waals surface area contributed by atoms with Crippen LogP contribution in [0.5, 0.6) is 11.5 Å². The van der Waals surface area contributed by atoms with E-state index in [2.05, 4.69) is 150 Å². The quantitative estimate of drug-likeness (QED) is 0.128. The molecule has 0 saturated carbocycles. The van der Waals surface area contributed by atoms with Crippen LogP contribution in [0.1, 0.15) is 64.1 Å². The number of rotatable bonds is 5. The van der Waals surface area contributed by atoms with E-state index in [1.54, 1.807) is 0 Å². The minimum absolute atomic E-state index is 0. The number of fused-ring (bicyclic) bond motifs is 3. The summed E-state index contributed by atoms with van der Waals surface area (Å²) in [4.78, 5) is 4.80. The van der Waals surface area contributed by atoms with Crippen molar-refractivity contribution in [1.29, 1.82) is 0 Å². The van der Waals surface area contributed by atoms with Gasteiger partial charge in [-0.2, -0.15) is 18.2 Å². The molecule has 48 heavy (non-hydrogen) atoms. The number of pyridine rings is 1. The molecular weight excluding hydrogens is 772 g/mol. The number of aromatic nitrogens is 4. The summed E-state index contributed by atoms with van der Waals surface area (Å²) in [5, 5.41) is 2.25. The second-order valence-corrected chi connectivity index (χ2v) is 14.3. The maximum atomic E-state index is 6.45. The molecule has 0 amide bonds. The fourth-order valence-corrected chi connectivity index (χ4v) is 6.09. The Morgan fingerprint density at radius 3 is 2.19 bits per heavy atom. The number of hydrogen-bond donors (Lipinski definition) is 0. The third kappa shape index (κ3) is 6.13. The Hall–Kier alpha value is -4.47. The monoisotopic (exact) mass is 811 g/mol. The van der Waals surface area contributed by atoms with E-state index in [4.69, 9.17) is 9.72 Å². The molecule has 4 aromatic carbocycles. The van der Waals surface area contributed by atoms with Crippen molar-refractivity contribution < 1.29 is 30.4 Å². The molecule has 0 unspecified atom stereocenters. The van der Waals surface area contributed by atoms with Gasteiger partial charge >= 0.3 is 0 Å². The van der Waals surface area contributed by atoms with E-state index in [1.165, 1.54) is 11.1 Å². The first-order valence-electron chi connectivity index (χ1n) is 16.2. The predicted molar refractivity (Wildman–Crippen MR) is 189 cm³/mol. The van der Waals surface area contributed by atoms with Gasteiger partial charge in [0.2, 0.25) is 0 Å². The first-order valence-corrected chi connectivity index (χ1v) is 16.2. The second kappa shape index (κ2) is 12.5. The molecule has 0 aliphatic rings. The summed E-state index contributed by atoms with van der Waals surface area (Å²) in [5.41, 5.74) is 8.71. The molecule has 0 N–H and O–H groups in total. The first-order chi connectivity index (χ1) is 22.4. The van der Waals surface area contributed by atoms with E-state index in [1.807, 2.05) is 35.0 Å². The summed E-state index contributed by atoms with van der Waals surface area (Å²) in [6, 6.07) is 38.5. The number of ether oxygens (including phenoxy) is 1. The maximum absolute atomic E-state index is 6.45. The molecule has 5 nitrogen and oxygen atoms in total. The minimum Gasteiger partial charge on any atom is -0.510 e. The number of para-hydroxylation sites is 1. The van der Waals surface area contributed by atoms with Crippen LogP contribution < -0.4 is 9.30 Å². The fraction of sp³-hybridized carbons (Fsp3) is 0.238. The molecule has 3 aromatic heterocycles. The summed E-state index contributed by atoms with van der Waals surface area (Å²) in [6.07, 6.45) is 5.45. The van der Waals surface area contributed by atoms with Crippen LogP contribution in [0.15, 0.2) is 97.2 Å². The van der Waals surface area contributed by atoms with E-state index in [0.29, 0.717) is 11.5 Å². The molecule has 0 saturated heterocycles. The van der Waals surface area contributed by atoms with E-state index in [9.17, 15) is 0 Å². The Balaban J connectivity index is 0.00000401. The zero-order valence-electron chi connectivity index (χ0n) is 28.8. The molecule has 246 valence electrons. The largest absolute Gasteiger partial charge is 0.510 e. The van der Waals surface area contributed by atoms with Crippen molar-refractivity contribution in [2.75, 3.05) is 0 Å². The normalized spacial score (nSPS) is 12.0. The van der Waals surface area contributed by atoms with E-state index < -0.39 is 0 Å². The van der Waals surface area contributed by atoms with Gasteiger partial charge in [-0.05, 0) is 77.2 Å². The fourth-order valence-electron chi connectivity index (χ4n) is 6.09. The van der Waals surface area contributed by atoms with Crippen LogP contribution in [0.4, 0.5) is 0 Å². The summed E-state index contributed by atoms with van der Waals surface area (Å²) in [5.74, 6) is 2.08. The van der Waals surface area contributed by atoms with Crippen molar-refractivity contribution in [3.63, 3.8) is 0 Å². The minimum atomic E-state index is -0.000930. The van der Waals surface area contributed by atoms with Gasteiger partial charge < -0.3 is 13.9 Å². The molecule has 0 fully saturated rings. The van der Waals surface area contributed by atoms with Gasteiger partial charge in [0.25, 0.3) is 6.33 Å². The van der Waals surface area contributed by atoms with Crippen LogP contribution in [-0.4, -0.2) is 14.1 Å². The van der Waals surface area contributed by atoms with Crippen LogP contribution >= 0.6 is 0 Å². The smallest absolute Gasteiger partial charge is 0.267 e. The van der Waals surface area contributed by atoms with E-state index >= 15 is 0 Å². The van der Waals surface area contributed by atoms with Crippen LogP contribution in [0.3, 0.4) is 0 Å². The average molecular weight is 812 g/mol. The summed E-state index contributed by atoms with van der Waals surface area (Å²) < 4.78 is 12.8. The molecule has 0 spiro atoms. The Kier molecular flexibility index (Phi) is 8.72. The summed E-state index contributed by atoms with van der Waals surface area (Å²) in [7, 11) is 0. The number of hydrogen-bond acceptors (Lipinski definition) is 2. The second-order valence-electron chi connectivity index (χ2n) is 14.3. The number of nitrogens with zero attached hydrogens (tertiary/aromatic N) is 4. The Morgan fingerprint density at radius 2 is 1.42 bits per heavy atom. The van der Waals surface area contributed by atoms with Crippen LogP contribution in [0, 0.1) is 32.3 Å². The number of benzene rings is 4. The topological polar surface area (TPSA) is 35.9 Å². The van der Waals surface area contributed by atoms with Crippen molar-refractivity contribution in [2.24, 2.45) is 0 Å². The van der Waals surface area contributed by atoms with Crippen LogP contribution in [-0.2, 0) is 31.9 Å². The molecule has 0 aliphatic heterocycles. The van der Waals surface area contributed by atoms with Gasteiger partial charge in [0, 0.05) is 50.0 Å². The maximum Gasteiger partial charge on any atom is 0.267 e. The van der Waals surface area contributed by atoms with Crippen molar-refractivity contribution in [1.82, 2.24) is 14.1 Å². The third-order valence-electron chi connectivity index (χ3n) is 8.98. The molecule has 3 heterocycles. The average Bonchev–Trinajstić information content (AvgIpc) is 3.53. The van der Waals surface area contributed by atoms with E-state index in [-0.39, 0.29) is 31.9 Å². The van der Waals surface area contributed by atoms with Gasteiger partial charge in [0.1, 0.15) is 5.82 Å². The molecule has 6 heteroatoms. The zero-order chi connectivity index (χ0) is 33.1. The first kappa shape index (κ1) is 33.4. The summed E-state index contributed by atoms with van der Waals surface area (Å²) >= 11 is 0. The SMILES string of the molecule is Cc1c(C)[n+](-c2cccc(C(C)(C)C)c2)[c-]n1-c1[c-]c(Oc2[c-]c3c(cc2)c2ccccc2n3-c2cc(C(C)(C)C)ccn2)ccc1.[Pt]. The van der Waals surface area contributed by atoms with Crippen molar-refractivity contribution in [3.05, 3.63) is 138 Å². The Bertz CT molecular complexity index is 2280. The van der Waals surface area contributed by atoms with Crippen molar-refractivity contribution in [2.45, 2.75) is 66.2 Å². The molecule has 7 aromatic rings. The molecule has 0 bridgehead atoms. The molecule has 0 atom stereocenters. The molecule has 7 rings (SSSR count). The standard InChI is InChI=1S/C42H40N4O.Pt/c1-28-29(2)45(27-44(28)32-14-11-13-30(23-32)41(3,4)5)33-15-12-16-34(25-33)47-35-19-20-37-36-17-9-10-18-38(36)46(39(37)26-35)40-24-31(21-22-43-40)42(6,7)8;/h9-24H,1-8H3;/q-2;. The van der Waals surface area contributed by atoms with Gasteiger partial charge in [-0.1, -0.05) is 77.4 Å². The molecule has 0 radical (unpaired) electrons. The molecular formula is C42H40N4OPt-2. The third-order valence-corrected chi connectivity index (χ3v) is 8.98. The van der Waals surface area contributed by atoms with Gasteiger partial charge in [0.05, 0.1) is 11.4 Å². The van der Waals surface area contributed by atoms with Gasteiger partial charge in [-0.15, -0.1) is 29.7 Å². The summed E-state index contributed by atoms with van der Waals surface area (Å²) in [6.45, 7) is 17.6. The van der Waals surface area contributed by atoms with Crippen LogP contribution in [0.2, 0.25) is 0 Å². The van der Waals surface area contributed by atoms with Gasteiger partial charge in [-0.3, -0.25) is 4.57 Å². The van der Waals surface area contributed by atoms with Gasteiger partial charge in [0.15, 0.2) is 0 Å².